The lowest BCUT2D eigenvalue weighted by Gasteiger charge is -2.17. The predicted octanol–water partition coefficient (Wildman–Crippen LogP) is 4.09. The van der Waals surface area contributed by atoms with Crippen molar-refractivity contribution >= 4 is 17.6 Å². The topological polar surface area (TPSA) is 80.0 Å². The van der Waals surface area contributed by atoms with Gasteiger partial charge in [-0.05, 0) is 48.4 Å². The molecule has 0 amide bonds. The fraction of sp³-hybridized carbons (Fsp3) is 0.286. The number of anilines is 3. The Morgan fingerprint density at radius 2 is 1.64 bits per heavy atom. The van der Waals surface area contributed by atoms with E-state index >= 15 is 0 Å². The second-order valence-electron chi connectivity index (χ2n) is 7.13. The van der Waals surface area contributed by atoms with Gasteiger partial charge in [0, 0.05) is 12.2 Å². The molecule has 3 rings (SSSR count). The van der Waals surface area contributed by atoms with Crippen molar-refractivity contribution in [2.45, 2.75) is 32.9 Å². The summed E-state index contributed by atoms with van der Waals surface area (Å²) in [6.45, 7) is 5.66. The normalized spacial score (nSPS) is 11.2. The van der Waals surface area contributed by atoms with Crippen LogP contribution in [0.1, 0.15) is 36.7 Å². The first-order chi connectivity index (χ1) is 13.4. The van der Waals surface area contributed by atoms with Crippen LogP contribution in [-0.2, 0) is 13.1 Å². The summed E-state index contributed by atoms with van der Waals surface area (Å²) in [6, 6.07) is 14.6. The Hall–Kier alpha value is -3.06. The summed E-state index contributed by atoms with van der Waals surface area (Å²) in [6.07, 6.45) is 0. The van der Waals surface area contributed by atoms with Crippen LogP contribution in [0.25, 0.3) is 0 Å². The number of nitrogens with zero attached hydrogens (tertiary/aromatic N) is 4. The average molecular weight is 380 g/mol. The zero-order valence-corrected chi connectivity index (χ0v) is 16.4. The van der Waals surface area contributed by atoms with Gasteiger partial charge < -0.3 is 11.1 Å². The van der Waals surface area contributed by atoms with Crippen molar-refractivity contribution < 1.29 is 4.39 Å². The summed E-state index contributed by atoms with van der Waals surface area (Å²) in [5.74, 6) is 1.27. The second kappa shape index (κ2) is 8.75. The molecule has 0 bridgehead atoms. The van der Waals surface area contributed by atoms with E-state index < -0.39 is 0 Å². The minimum atomic E-state index is -0.301. The van der Waals surface area contributed by atoms with Crippen LogP contribution in [0.3, 0.4) is 0 Å². The first-order valence-corrected chi connectivity index (χ1v) is 9.19. The lowest BCUT2D eigenvalue weighted by Crippen LogP contribution is -2.20. The minimum Gasteiger partial charge on any atom is -0.368 e. The van der Waals surface area contributed by atoms with Crippen LogP contribution >= 0.6 is 0 Å². The molecule has 28 heavy (non-hydrogen) atoms. The summed E-state index contributed by atoms with van der Waals surface area (Å²) in [5.41, 5.74) is 9.05. The lowest BCUT2D eigenvalue weighted by atomic mass is 10.0. The lowest BCUT2D eigenvalue weighted by molar-refractivity contribution is 0.310. The first kappa shape index (κ1) is 19.7. The smallest absolute Gasteiger partial charge is 0.232 e. The molecular weight excluding hydrogens is 355 g/mol. The van der Waals surface area contributed by atoms with Gasteiger partial charge in [-0.3, -0.25) is 4.90 Å². The van der Waals surface area contributed by atoms with Crippen molar-refractivity contribution in [3.8, 4) is 0 Å². The summed E-state index contributed by atoms with van der Waals surface area (Å²) < 4.78 is 13.0. The van der Waals surface area contributed by atoms with E-state index in [1.165, 1.54) is 23.3 Å². The van der Waals surface area contributed by atoms with Gasteiger partial charge in [0.1, 0.15) is 11.6 Å². The molecule has 6 nitrogen and oxygen atoms in total. The molecular formula is C21H25FN6. The van der Waals surface area contributed by atoms with E-state index in [-0.39, 0.29) is 11.8 Å². The average Bonchev–Trinajstić information content (AvgIpc) is 2.63. The van der Waals surface area contributed by atoms with Crippen molar-refractivity contribution in [3.05, 3.63) is 71.3 Å². The molecule has 0 atom stereocenters. The van der Waals surface area contributed by atoms with E-state index in [9.17, 15) is 4.39 Å². The fourth-order valence-corrected chi connectivity index (χ4v) is 2.84. The number of nitrogens with two attached hydrogens (primary N) is 1. The Kier molecular flexibility index (Phi) is 6.16. The highest BCUT2D eigenvalue weighted by atomic mass is 19.1. The largest absolute Gasteiger partial charge is 0.368 e. The second-order valence-corrected chi connectivity index (χ2v) is 7.13. The van der Waals surface area contributed by atoms with Gasteiger partial charge in [0.25, 0.3) is 0 Å². The third-order valence-electron chi connectivity index (χ3n) is 4.31. The van der Waals surface area contributed by atoms with E-state index in [1.807, 2.05) is 7.05 Å². The standard InChI is InChI=1S/C21H25FN6/c1-14(2)16-6-4-15(5-7-16)12-28(3)13-19-25-20(23)27-21(26-19)24-18-10-8-17(22)9-11-18/h4-11,14H,12-13H2,1-3H3,(H3,23,24,25,26,27). The van der Waals surface area contributed by atoms with Crippen LogP contribution < -0.4 is 11.1 Å². The summed E-state index contributed by atoms with van der Waals surface area (Å²) in [7, 11) is 2.00. The summed E-state index contributed by atoms with van der Waals surface area (Å²) >= 11 is 0. The predicted molar refractivity (Wildman–Crippen MR) is 110 cm³/mol. The van der Waals surface area contributed by atoms with E-state index in [1.54, 1.807) is 12.1 Å². The third kappa shape index (κ3) is 5.47. The molecule has 0 aliphatic carbocycles. The zero-order chi connectivity index (χ0) is 20.1. The highest BCUT2D eigenvalue weighted by molar-refractivity contribution is 5.53. The Bertz CT molecular complexity index is 909. The Balaban J connectivity index is 1.65. The van der Waals surface area contributed by atoms with Crippen LogP contribution in [0, 0.1) is 5.82 Å². The van der Waals surface area contributed by atoms with Crippen LogP contribution in [0.4, 0.5) is 22.0 Å². The molecule has 1 heterocycles. The minimum absolute atomic E-state index is 0.143. The van der Waals surface area contributed by atoms with Gasteiger partial charge in [-0.15, -0.1) is 0 Å². The fourth-order valence-electron chi connectivity index (χ4n) is 2.84. The molecule has 3 N–H and O–H groups in total. The van der Waals surface area contributed by atoms with Gasteiger partial charge in [-0.25, -0.2) is 4.39 Å². The molecule has 0 unspecified atom stereocenters. The number of hydrogen-bond donors (Lipinski definition) is 2. The van der Waals surface area contributed by atoms with Crippen LogP contribution in [0.2, 0.25) is 0 Å². The maximum atomic E-state index is 13.0. The van der Waals surface area contributed by atoms with Crippen LogP contribution in [0.15, 0.2) is 48.5 Å². The highest BCUT2D eigenvalue weighted by Crippen LogP contribution is 2.17. The first-order valence-electron chi connectivity index (χ1n) is 9.19. The van der Waals surface area contributed by atoms with Gasteiger partial charge in [0.05, 0.1) is 6.54 Å². The number of rotatable bonds is 7. The van der Waals surface area contributed by atoms with Crippen molar-refractivity contribution in [1.29, 1.82) is 0 Å². The molecule has 0 aliphatic heterocycles. The van der Waals surface area contributed by atoms with Crippen LogP contribution in [0.5, 0.6) is 0 Å². The summed E-state index contributed by atoms with van der Waals surface area (Å²) in [5, 5.41) is 3.02. The number of nitrogens with one attached hydrogen (secondary N) is 1. The van der Waals surface area contributed by atoms with Gasteiger partial charge in [0.15, 0.2) is 0 Å². The number of benzene rings is 2. The van der Waals surface area contributed by atoms with Gasteiger partial charge >= 0.3 is 0 Å². The quantitative estimate of drug-likeness (QED) is 0.643. The number of hydrogen-bond acceptors (Lipinski definition) is 6. The molecule has 0 saturated carbocycles. The molecule has 1 aromatic heterocycles. The molecule has 0 radical (unpaired) electrons. The van der Waals surface area contributed by atoms with E-state index in [2.05, 4.69) is 63.3 Å². The van der Waals surface area contributed by atoms with Crippen molar-refractivity contribution in [2.75, 3.05) is 18.1 Å². The molecule has 0 fully saturated rings. The van der Waals surface area contributed by atoms with Gasteiger partial charge in [-0.1, -0.05) is 38.1 Å². The number of halogens is 1. The molecule has 2 aromatic carbocycles. The maximum Gasteiger partial charge on any atom is 0.232 e. The molecule has 146 valence electrons. The Labute approximate surface area is 164 Å². The van der Waals surface area contributed by atoms with E-state index in [0.29, 0.717) is 29.9 Å². The molecule has 0 saturated heterocycles. The van der Waals surface area contributed by atoms with Crippen molar-refractivity contribution in [1.82, 2.24) is 19.9 Å². The van der Waals surface area contributed by atoms with Gasteiger partial charge in [-0.2, -0.15) is 15.0 Å². The van der Waals surface area contributed by atoms with Gasteiger partial charge in [0.2, 0.25) is 11.9 Å². The van der Waals surface area contributed by atoms with Crippen LogP contribution in [-0.4, -0.2) is 26.9 Å². The molecule has 3 aromatic rings. The highest BCUT2D eigenvalue weighted by Gasteiger charge is 2.09. The third-order valence-corrected chi connectivity index (χ3v) is 4.31. The SMILES string of the molecule is CC(C)c1ccc(CN(C)Cc2nc(N)nc(Nc3ccc(F)cc3)n2)cc1. The van der Waals surface area contributed by atoms with Crippen molar-refractivity contribution in [3.63, 3.8) is 0 Å². The molecule has 0 aliphatic rings. The maximum absolute atomic E-state index is 13.0. The van der Waals surface area contributed by atoms with Crippen molar-refractivity contribution in [2.24, 2.45) is 0 Å². The van der Waals surface area contributed by atoms with E-state index in [4.69, 9.17) is 5.73 Å². The Morgan fingerprint density at radius 3 is 2.29 bits per heavy atom. The van der Waals surface area contributed by atoms with E-state index in [0.717, 1.165) is 6.54 Å². The molecule has 7 heteroatoms. The Morgan fingerprint density at radius 1 is 0.964 bits per heavy atom. The molecule has 0 spiro atoms. The monoisotopic (exact) mass is 380 g/mol. The number of aromatic nitrogens is 3. The summed E-state index contributed by atoms with van der Waals surface area (Å²) in [4.78, 5) is 14.9. The number of nitrogen functional groups attached to an aromatic ring is 1. The zero-order valence-electron chi connectivity index (χ0n) is 16.4.